The lowest BCUT2D eigenvalue weighted by Gasteiger charge is -2.58. The molecule has 0 aromatic rings. The molecule has 0 N–H and O–H groups in total. The predicted octanol–water partition coefficient (Wildman–Crippen LogP) is 10.1. The number of hydrogen-bond acceptors (Lipinski definition) is 0. The van der Waals surface area contributed by atoms with Crippen molar-refractivity contribution in [3.05, 3.63) is 0 Å². The van der Waals surface area contributed by atoms with Crippen molar-refractivity contribution in [1.82, 2.24) is 0 Å². The normalized spacial score (nSPS) is 41.8. The molecule has 2 bridgehead atoms. The van der Waals surface area contributed by atoms with Crippen LogP contribution in [0.1, 0.15) is 155 Å². The lowest BCUT2D eigenvalue weighted by atomic mass is 9.47. The minimum atomic E-state index is 0.796. The molecule has 0 radical (unpaired) electrons. The van der Waals surface area contributed by atoms with E-state index in [0.717, 1.165) is 34.5 Å². The molecule has 0 spiro atoms. The van der Waals surface area contributed by atoms with Gasteiger partial charge >= 0.3 is 0 Å². The monoisotopic (exact) mass is 414 g/mol. The van der Waals surface area contributed by atoms with E-state index in [1.54, 1.807) is 96.3 Å². The summed E-state index contributed by atoms with van der Waals surface area (Å²) >= 11 is 0. The van der Waals surface area contributed by atoms with Gasteiger partial charge in [-0.05, 0) is 118 Å². The van der Waals surface area contributed by atoms with Crippen molar-refractivity contribution in [3.63, 3.8) is 0 Å². The van der Waals surface area contributed by atoms with Gasteiger partial charge in [0.05, 0.1) is 0 Å². The summed E-state index contributed by atoms with van der Waals surface area (Å²) in [6.07, 6.45) is 34.1. The number of rotatable bonds is 10. The Morgan fingerprint density at radius 1 is 0.567 bits per heavy atom. The lowest BCUT2D eigenvalue weighted by molar-refractivity contribution is -0.0680. The second kappa shape index (κ2) is 10.7. The van der Waals surface area contributed by atoms with E-state index in [9.17, 15) is 0 Å². The molecule has 5 aliphatic rings. The van der Waals surface area contributed by atoms with E-state index < -0.39 is 0 Å². The van der Waals surface area contributed by atoms with Gasteiger partial charge in [-0.3, -0.25) is 0 Å². The Balaban J connectivity index is 1.19. The molecule has 5 rings (SSSR count). The third-order valence-electron chi connectivity index (χ3n) is 11.2. The Kier molecular flexibility index (Phi) is 8.30. The van der Waals surface area contributed by atoms with Crippen LogP contribution in [-0.2, 0) is 0 Å². The molecule has 0 amide bonds. The quantitative estimate of drug-likeness (QED) is 0.312. The van der Waals surface area contributed by atoms with Crippen LogP contribution in [0.5, 0.6) is 0 Å². The molecule has 5 aliphatic carbocycles. The molecular formula is C30H54. The molecule has 0 aromatic heterocycles. The maximum absolute atomic E-state index is 2.36. The van der Waals surface area contributed by atoms with Crippen LogP contribution in [0.2, 0.25) is 0 Å². The van der Waals surface area contributed by atoms with Crippen molar-refractivity contribution in [2.45, 2.75) is 155 Å². The average molecular weight is 415 g/mol. The van der Waals surface area contributed by atoms with Gasteiger partial charge in [-0.25, -0.2) is 0 Å². The molecule has 0 aromatic carbocycles. The zero-order valence-corrected chi connectivity index (χ0v) is 20.9. The van der Waals surface area contributed by atoms with Gasteiger partial charge in [-0.15, -0.1) is 0 Å². The summed E-state index contributed by atoms with van der Waals surface area (Å²) in [6, 6.07) is 0. The molecule has 0 aliphatic heterocycles. The van der Waals surface area contributed by atoms with Crippen molar-refractivity contribution in [1.29, 1.82) is 0 Å². The average Bonchev–Trinajstić information content (AvgIpc) is 2.81. The van der Waals surface area contributed by atoms with Gasteiger partial charge in [0.1, 0.15) is 0 Å². The highest BCUT2D eigenvalue weighted by atomic mass is 14.6. The molecule has 0 nitrogen and oxygen atoms in total. The summed E-state index contributed by atoms with van der Waals surface area (Å²) in [5, 5.41) is 0. The summed E-state index contributed by atoms with van der Waals surface area (Å²) < 4.78 is 0. The summed E-state index contributed by atoms with van der Waals surface area (Å²) in [5.41, 5.74) is 1.60. The van der Waals surface area contributed by atoms with Gasteiger partial charge < -0.3 is 0 Å². The zero-order valence-electron chi connectivity index (χ0n) is 20.9. The van der Waals surface area contributed by atoms with E-state index in [1.807, 2.05) is 0 Å². The molecule has 174 valence electrons. The van der Waals surface area contributed by atoms with Crippen molar-refractivity contribution in [3.8, 4) is 0 Å². The standard InChI is InChI=1S/C30H54/c1-3-5-7-9-25-10-12-26(13-11-25)27-14-16-28(17-15-27)30-22-19-29(20-23-30,21-24-30)18-8-6-4-2/h25-28H,3-24H2,1-2H3. The fraction of sp³-hybridized carbons (Fsp3) is 1.00. The Hall–Kier alpha value is 0. The van der Waals surface area contributed by atoms with Crippen LogP contribution in [-0.4, -0.2) is 0 Å². The van der Waals surface area contributed by atoms with Crippen molar-refractivity contribution >= 4 is 0 Å². The zero-order chi connectivity index (χ0) is 20.9. The van der Waals surface area contributed by atoms with Gasteiger partial charge in [0.2, 0.25) is 0 Å². The maximum atomic E-state index is 2.36. The van der Waals surface area contributed by atoms with E-state index in [-0.39, 0.29) is 0 Å². The molecule has 0 heterocycles. The van der Waals surface area contributed by atoms with E-state index >= 15 is 0 Å². The highest BCUT2D eigenvalue weighted by molar-refractivity contribution is 5.03. The molecule has 5 fully saturated rings. The second-order valence-electron chi connectivity index (χ2n) is 12.7. The fourth-order valence-electron chi connectivity index (χ4n) is 8.86. The first-order valence-electron chi connectivity index (χ1n) is 14.7. The van der Waals surface area contributed by atoms with Crippen molar-refractivity contribution in [2.75, 3.05) is 0 Å². The third-order valence-corrected chi connectivity index (χ3v) is 11.2. The number of unbranched alkanes of at least 4 members (excludes halogenated alkanes) is 4. The molecule has 0 saturated heterocycles. The number of hydrogen-bond donors (Lipinski definition) is 0. The summed E-state index contributed by atoms with van der Waals surface area (Å²) in [5.74, 6) is 4.41. The van der Waals surface area contributed by atoms with E-state index in [2.05, 4.69) is 13.8 Å². The molecule has 0 heteroatoms. The second-order valence-corrected chi connectivity index (χ2v) is 12.7. The first-order chi connectivity index (χ1) is 14.7. The lowest BCUT2D eigenvalue weighted by Crippen LogP contribution is -2.46. The SMILES string of the molecule is CCCCCC1CCC(C2CCC(C34CCC(CCCCC)(CC3)CC4)CC2)CC1. The highest BCUT2D eigenvalue weighted by Crippen LogP contribution is 2.63. The van der Waals surface area contributed by atoms with Crippen LogP contribution >= 0.6 is 0 Å². The van der Waals surface area contributed by atoms with Crippen molar-refractivity contribution in [2.24, 2.45) is 34.5 Å². The van der Waals surface area contributed by atoms with Gasteiger partial charge in [-0.2, -0.15) is 0 Å². The maximum Gasteiger partial charge on any atom is -0.0269 e. The van der Waals surface area contributed by atoms with Gasteiger partial charge in [0.25, 0.3) is 0 Å². The van der Waals surface area contributed by atoms with Crippen LogP contribution in [0.3, 0.4) is 0 Å². The van der Waals surface area contributed by atoms with Gasteiger partial charge in [0, 0.05) is 0 Å². The number of fused-ring (bicyclic) bond motifs is 3. The summed E-state index contributed by atoms with van der Waals surface area (Å²) in [7, 11) is 0. The van der Waals surface area contributed by atoms with E-state index in [0.29, 0.717) is 0 Å². The minimum absolute atomic E-state index is 0.796. The molecule has 5 saturated carbocycles. The van der Waals surface area contributed by atoms with Crippen LogP contribution < -0.4 is 0 Å². The third kappa shape index (κ3) is 5.31. The van der Waals surface area contributed by atoms with Crippen LogP contribution in [0, 0.1) is 34.5 Å². The first-order valence-corrected chi connectivity index (χ1v) is 14.7. The first kappa shape index (κ1) is 23.2. The van der Waals surface area contributed by atoms with Crippen molar-refractivity contribution < 1.29 is 0 Å². The van der Waals surface area contributed by atoms with Gasteiger partial charge in [-0.1, -0.05) is 71.6 Å². The Morgan fingerprint density at radius 3 is 1.67 bits per heavy atom. The molecule has 0 unspecified atom stereocenters. The Morgan fingerprint density at radius 2 is 1.10 bits per heavy atom. The molecular weight excluding hydrogens is 360 g/mol. The largest absolute Gasteiger partial charge is 0.0654 e. The van der Waals surface area contributed by atoms with E-state index in [1.165, 1.54) is 44.9 Å². The smallest absolute Gasteiger partial charge is 0.0269 e. The Labute approximate surface area is 189 Å². The van der Waals surface area contributed by atoms with Crippen LogP contribution in [0.15, 0.2) is 0 Å². The van der Waals surface area contributed by atoms with E-state index in [4.69, 9.17) is 0 Å². The predicted molar refractivity (Wildman–Crippen MR) is 132 cm³/mol. The molecule has 0 atom stereocenters. The summed E-state index contributed by atoms with van der Waals surface area (Å²) in [6.45, 7) is 4.71. The minimum Gasteiger partial charge on any atom is -0.0654 e. The topological polar surface area (TPSA) is 0 Å². The molecule has 30 heavy (non-hydrogen) atoms. The van der Waals surface area contributed by atoms with Crippen LogP contribution in [0.4, 0.5) is 0 Å². The van der Waals surface area contributed by atoms with Gasteiger partial charge in [0.15, 0.2) is 0 Å². The fourth-order valence-corrected chi connectivity index (χ4v) is 8.86. The highest BCUT2D eigenvalue weighted by Gasteiger charge is 2.51. The van der Waals surface area contributed by atoms with Crippen LogP contribution in [0.25, 0.3) is 0 Å². The summed E-state index contributed by atoms with van der Waals surface area (Å²) in [4.78, 5) is 0. The Bertz CT molecular complexity index is 464.